The minimum Gasteiger partial charge on any atom is -0.326 e. The van der Waals surface area contributed by atoms with Crippen molar-refractivity contribution in [1.29, 1.82) is 0 Å². The summed E-state index contributed by atoms with van der Waals surface area (Å²) in [5.41, 5.74) is 2.85. The number of nitrogens with one attached hydrogen (secondary N) is 2. The van der Waals surface area contributed by atoms with Gasteiger partial charge in [-0.25, -0.2) is 0 Å². The Bertz CT molecular complexity index is 900. The fourth-order valence-corrected chi connectivity index (χ4v) is 6.46. The zero-order chi connectivity index (χ0) is 23.4. The lowest BCUT2D eigenvalue weighted by Gasteiger charge is -2.34. The fraction of sp³-hybridized carbons (Fsp3) is 0.654. The summed E-state index contributed by atoms with van der Waals surface area (Å²) in [6.07, 6.45) is 8.74. The van der Waals surface area contributed by atoms with Crippen LogP contribution in [0.5, 0.6) is 0 Å². The Hall–Kier alpha value is -1.86. The number of hydrogen-bond acceptors (Lipinski definition) is 5. The summed E-state index contributed by atoms with van der Waals surface area (Å²) in [6.45, 7) is 7.71. The summed E-state index contributed by atoms with van der Waals surface area (Å²) in [5.74, 6) is 3.38. The highest BCUT2D eigenvalue weighted by Crippen LogP contribution is 2.37. The van der Waals surface area contributed by atoms with Crippen molar-refractivity contribution in [3.8, 4) is 0 Å². The van der Waals surface area contributed by atoms with Crippen molar-refractivity contribution in [3.05, 3.63) is 29.3 Å². The standard InChI is InChI=1S/C26H38N4O2S/c1-4-20-5-7-22(8-6-20)24-28-25(32)26(29-24)12-14-30(15-13-26)33-16-11-21-9-10-23(17-18(21)2)27-19(3)31/h9-10,17,20,22H,4-8,11-16H2,1-3H3,(H,27,31)(H,28,29,32). The lowest BCUT2D eigenvalue weighted by molar-refractivity contribution is -0.125. The third-order valence-corrected chi connectivity index (χ3v) is 8.78. The Morgan fingerprint density at radius 3 is 2.61 bits per heavy atom. The normalized spacial score (nSPS) is 25.1. The van der Waals surface area contributed by atoms with E-state index in [-0.39, 0.29) is 11.8 Å². The van der Waals surface area contributed by atoms with Gasteiger partial charge in [-0.1, -0.05) is 31.4 Å². The van der Waals surface area contributed by atoms with E-state index in [1.54, 1.807) is 0 Å². The van der Waals surface area contributed by atoms with Gasteiger partial charge in [-0.3, -0.25) is 18.9 Å². The van der Waals surface area contributed by atoms with Crippen LogP contribution in [0.2, 0.25) is 0 Å². The van der Waals surface area contributed by atoms with Gasteiger partial charge in [0.15, 0.2) is 0 Å². The second-order valence-electron chi connectivity index (χ2n) is 9.94. The number of carbonyl (C=O) groups excluding carboxylic acids is 2. The van der Waals surface area contributed by atoms with Crippen LogP contribution in [0.4, 0.5) is 5.69 Å². The number of amidine groups is 1. The van der Waals surface area contributed by atoms with Gasteiger partial charge in [-0.15, -0.1) is 0 Å². The van der Waals surface area contributed by atoms with E-state index in [0.29, 0.717) is 5.92 Å². The highest BCUT2D eigenvalue weighted by molar-refractivity contribution is 7.97. The van der Waals surface area contributed by atoms with Crippen LogP contribution in [-0.2, 0) is 16.0 Å². The monoisotopic (exact) mass is 470 g/mol. The number of aliphatic imine (C=N–C) groups is 1. The largest absolute Gasteiger partial charge is 0.326 e. The number of carbonyl (C=O) groups is 2. The van der Waals surface area contributed by atoms with Crippen LogP contribution in [0.1, 0.15) is 69.9 Å². The molecular weight excluding hydrogens is 432 g/mol. The van der Waals surface area contributed by atoms with Crippen LogP contribution in [0, 0.1) is 18.8 Å². The summed E-state index contributed by atoms with van der Waals surface area (Å²) in [5, 5.41) is 6.02. The topological polar surface area (TPSA) is 73.8 Å². The third kappa shape index (κ3) is 5.80. The van der Waals surface area contributed by atoms with E-state index >= 15 is 0 Å². The molecule has 2 aliphatic heterocycles. The van der Waals surface area contributed by atoms with E-state index in [1.807, 2.05) is 24.1 Å². The molecule has 1 aliphatic carbocycles. The van der Waals surface area contributed by atoms with Gasteiger partial charge in [-0.05, 0) is 81.0 Å². The van der Waals surface area contributed by atoms with Crippen LogP contribution in [0.25, 0.3) is 0 Å². The van der Waals surface area contributed by atoms with E-state index in [0.717, 1.165) is 55.5 Å². The highest BCUT2D eigenvalue weighted by Gasteiger charge is 2.47. The first-order valence-corrected chi connectivity index (χ1v) is 13.5. The van der Waals surface area contributed by atoms with Gasteiger partial charge < -0.3 is 10.6 Å². The maximum atomic E-state index is 12.9. The molecule has 2 heterocycles. The lowest BCUT2D eigenvalue weighted by Crippen LogP contribution is -2.47. The van der Waals surface area contributed by atoms with Gasteiger partial charge in [0.25, 0.3) is 5.91 Å². The average Bonchev–Trinajstić information content (AvgIpc) is 3.12. The minimum absolute atomic E-state index is 0.0446. The van der Waals surface area contributed by atoms with E-state index in [1.165, 1.54) is 50.2 Å². The quantitative estimate of drug-likeness (QED) is 0.566. The smallest absolute Gasteiger partial charge is 0.253 e. The molecule has 3 aliphatic rings. The van der Waals surface area contributed by atoms with E-state index in [2.05, 4.69) is 34.9 Å². The number of aryl methyl sites for hydroxylation is 2. The minimum atomic E-state index is -0.524. The Labute approximate surface area is 202 Å². The number of nitrogens with zero attached hydrogens (tertiary/aromatic N) is 2. The van der Waals surface area contributed by atoms with Crippen LogP contribution in [0.15, 0.2) is 23.2 Å². The van der Waals surface area contributed by atoms with Gasteiger partial charge >= 0.3 is 0 Å². The molecule has 180 valence electrons. The summed E-state index contributed by atoms with van der Waals surface area (Å²) in [6, 6.07) is 6.12. The van der Waals surface area contributed by atoms with Crippen molar-refractivity contribution in [2.75, 3.05) is 24.2 Å². The molecule has 0 aromatic heterocycles. The van der Waals surface area contributed by atoms with Gasteiger partial charge in [0, 0.05) is 37.4 Å². The Morgan fingerprint density at radius 1 is 1.24 bits per heavy atom. The van der Waals surface area contributed by atoms with Crippen molar-refractivity contribution in [1.82, 2.24) is 9.62 Å². The van der Waals surface area contributed by atoms with Gasteiger partial charge in [0.2, 0.25) is 5.91 Å². The second kappa shape index (κ2) is 10.6. The first-order valence-electron chi connectivity index (χ1n) is 12.5. The fourth-order valence-electron chi connectivity index (χ4n) is 5.45. The molecule has 0 bridgehead atoms. The van der Waals surface area contributed by atoms with Crippen molar-refractivity contribution >= 4 is 35.3 Å². The second-order valence-corrected chi connectivity index (χ2v) is 11.1. The zero-order valence-electron chi connectivity index (χ0n) is 20.3. The van der Waals surface area contributed by atoms with Gasteiger partial charge in [-0.2, -0.15) is 0 Å². The van der Waals surface area contributed by atoms with Crippen molar-refractivity contribution < 1.29 is 9.59 Å². The Balaban J connectivity index is 1.25. The molecule has 1 saturated heterocycles. The van der Waals surface area contributed by atoms with Crippen LogP contribution < -0.4 is 10.6 Å². The molecule has 1 spiro atoms. The molecule has 0 radical (unpaired) electrons. The van der Waals surface area contributed by atoms with E-state index in [9.17, 15) is 9.59 Å². The zero-order valence-corrected chi connectivity index (χ0v) is 21.1. The SMILES string of the molecule is CCC1CCC(C2=NC3(CCN(SCCc4ccc(NC(C)=O)cc4C)CC3)C(=O)N2)CC1. The van der Waals surface area contributed by atoms with Gasteiger partial charge in [0.1, 0.15) is 11.4 Å². The summed E-state index contributed by atoms with van der Waals surface area (Å²) < 4.78 is 2.40. The molecule has 33 heavy (non-hydrogen) atoms. The molecule has 1 aromatic carbocycles. The van der Waals surface area contributed by atoms with Crippen molar-refractivity contribution in [2.24, 2.45) is 16.8 Å². The summed E-state index contributed by atoms with van der Waals surface area (Å²) in [7, 11) is 0. The van der Waals surface area contributed by atoms with Crippen LogP contribution in [0.3, 0.4) is 0 Å². The molecule has 6 nitrogen and oxygen atoms in total. The first kappa shape index (κ1) is 24.3. The molecule has 0 unspecified atom stereocenters. The molecule has 2 amide bonds. The number of amides is 2. The predicted octanol–water partition coefficient (Wildman–Crippen LogP) is 4.72. The van der Waals surface area contributed by atoms with Crippen molar-refractivity contribution in [3.63, 3.8) is 0 Å². The van der Waals surface area contributed by atoms with E-state index in [4.69, 9.17) is 4.99 Å². The van der Waals surface area contributed by atoms with E-state index < -0.39 is 5.54 Å². The van der Waals surface area contributed by atoms with Crippen LogP contribution >= 0.6 is 11.9 Å². The summed E-state index contributed by atoms with van der Waals surface area (Å²) >= 11 is 1.87. The maximum Gasteiger partial charge on any atom is 0.253 e. The maximum absolute atomic E-state index is 12.9. The molecule has 7 heteroatoms. The first-order chi connectivity index (χ1) is 15.9. The number of rotatable bonds is 7. The summed E-state index contributed by atoms with van der Waals surface area (Å²) in [4.78, 5) is 29.2. The van der Waals surface area contributed by atoms with Crippen molar-refractivity contribution in [2.45, 2.75) is 77.7 Å². The Kier molecular flexibility index (Phi) is 7.80. The number of piperidine rings is 1. The predicted molar refractivity (Wildman–Crippen MR) is 136 cm³/mol. The number of anilines is 1. The molecule has 2 fully saturated rings. The molecule has 2 N–H and O–H groups in total. The lowest BCUT2D eigenvalue weighted by atomic mass is 9.80. The number of benzene rings is 1. The molecule has 1 aromatic rings. The molecule has 4 rings (SSSR count). The molecule has 0 atom stereocenters. The Morgan fingerprint density at radius 2 is 1.97 bits per heavy atom. The van der Waals surface area contributed by atoms with Crippen LogP contribution in [-0.4, -0.2) is 46.3 Å². The molecular formula is C26H38N4O2S. The molecule has 1 saturated carbocycles. The van der Waals surface area contributed by atoms with Gasteiger partial charge in [0.05, 0.1) is 0 Å². The third-order valence-electron chi connectivity index (χ3n) is 7.67. The average molecular weight is 471 g/mol. The highest BCUT2D eigenvalue weighted by atomic mass is 32.2. The number of hydrogen-bond donors (Lipinski definition) is 2.